The van der Waals surface area contributed by atoms with Gasteiger partial charge in [-0.25, -0.2) is 9.97 Å². The first kappa shape index (κ1) is 26.6. The van der Waals surface area contributed by atoms with Crippen LogP contribution in [0.2, 0.25) is 0 Å². The third-order valence-corrected chi connectivity index (χ3v) is 8.13. The number of aromatic nitrogens is 2. The van der Waals surface area contributed by atoms with Gasteiger partial charge in [0, 0.05) is 38.7 Å². The number of aryl methyl sites for hydroxylation is 1. The molecular weight excluding hydrogens is 550 g/mol. The van der Waals surface area contributed by atoms with Gasteiger partial charge in [0.25, 0.3) is 0 Å². The zero-order chi connectivity index (χ0) is 30.2. The van der Waals surface area contributed by atoms with Crippen molar-refractivity contribution in [3.8, 4) is 45.0 Å². The van der Waals surface area contributed by atoms with Crippen LogP contribution < -0.4 is 5.32 Å². The van der Waals surface area contributed by atoms with Crippen LogP contribution in [0.4, 0.5) is 11.4 Å². The van der Waals surface area contributed by atoms with E-state index in [9.17, 15) is 0 Å². The fourth-order valence-corrected chi connectivity index (χ4v) is 5.94. The van der Waals surface area contributed by atoms with Crippen LogP contribution in [0.1, 0.15) is 5.56 Å². The molecule has 0 aliphatic carbocycles. The molecular formula is C41H29N3O. The minimum atomic E-state index is 0.668. The summed E-state index contributed by atoms with van der Waals surface area (Å²) in [6.07, 6.45) is 0. The van der Waals surface area contributed by atoms with E-state index in [2.05, 4.69) is 115 Å². The Morgan fingerprint density at radius 1 is 0.511 bits per heavy atom. The molecule has 4 nitrogen and oxygen atoms in total. The molecule has 45 heavy (non-hydrogen) atoms. The predicted octanol–water partition coefficient (Wildman–Crippen LogP) is 11.1. The summed E-state index contributed by atoms with van der Waals surface area (Å²) in [6, 6.07) is 52.0. The van der Waals surface area contributed by atoms with Gasteiger partial charge >= 0.3 is 0 Å². The SMILES string of the molecule is Cc1cccc(-c2cc(-c3ccccc3)nc(-c3cccc(Nc4c(-c5ccccc5)ccc5c4oc4ccccc45)c3)n2)c1. The molecule has 0 aliphatic rings. The standard InChI is InChI=1S/C41H29N3O/c1-27-12-10-17-30(24-27)37-26-36(29-15-6-3-7-16-29)43-41(44-37)31-18-11-19-32(25-31)42-39-33(28-13-4-2-5-14-28)22-23-35-34-20-8-9-21-38(34)45-40(35)39/h2-26,42H,1H3. The van der Waals surface area contributed by atoms with Gasteiger partial charge in [0.15, 0.2) is 11.4 Å². The number of anilines is 2. The Morgan fingerprint density at radius 2 is 1.18 bits per heavy atom. The monoisotopic (exact) mass is 579 g/mol. The highest BCUT2D eigenvalue weighted by molar-refractivity contribution is 6.12. The van der Waals surface area contributed by atoms with E-state index in [1.54, 1.807) is 0 Å². The molecule has 0 atom stereocenters. The zero-order valence-corrected chi connectivity index (χ0v) is 24.7. The number of nitrogens with zero attached hydrogens (tertiary/aromatic N) is 2. The van der Waals surface area contributed by atoms with E-state index in [-0.39, 0.29) is 0 Å². The van der Waals surface area contributed by atoms with Crippen LogP contribution in [0.3, 0.4) is 0 Å². The van der Waals surface area contributed by atoms with E-state index in [1.165, 1.54) is 5.56 Å². The summed E-state index contributed by atoms with van der Waals surface area (Å²) in [7, 11) is 0. The van der Waals surface area contributed by atoms with Crippen LogP contribution in [0.15, 0.2) is 156 Å². The lowest BCUT2D eigenvalue weighted by Gasteiger charge is -2.14. The number of para-hydroxylation sites is 1. The highest BCUT2D eigenvalue weighted by atomic mass is 16.3. The van der Waals surface area contributed by atoms with Crippen LogP contribution in [0, 0.1) is 6.92 Å². The average molecular weight is 580 g/mol. The van der Waals surface area contributed by atoms with Gasteiger partial charge in [-0.05, 0) is 48.9 Å². The molecule has 0 bridgehead atoms. The lowest BCUT2D eigenvalue weighted by molar-refractivity contribution is 0.670. The third kappa shape index (κ3) is 5.13. The van der Waals surface area contributed by atoms with Gasteiger partial charge in [-0.15, -0.1) is 0 Å². The first-order valence-corrected chi connectivity index (χ1v) is 15.1. The molecule has 8 aromatic rings. The second kappa shape index (κ2) is 11.3. The van der Waals surface area contributed by atoms with Crippen molar-refractivity contribution in [2.75, 3.05) is 5.32 Å². The molecule has 0 fully saturated rings. The molecule has 214 valence electrons. The third-order valence-electron chi connectivity index (χ3n) is 8.13. The number of benzene rings is 6. The van der Waals surface area contributed by atoms with Crippen molar-refractivity contribution >= 4 is 33.3 Å². The maximum Gasteiger partial charge on any atom is 0.160 e. The van der Waals surface area contributed by atoms with Gasteiger partial charge in [0.2, 0.25) is 0 Å². The number of hydrogen-bond acceptors (Lipinski definition) is 4. The predicted molar refractivity (Wildman–Crippen MR) is 186 cm³/mol. The van der Waals surface area contributed by atoms with Crippen molar-refractivity contribution in [3.63, 3.8) is 0 Å². The lowest BCUT2D eigenvalue weighted by Crippen LogP contribution is -1.98. The number of nitrogens with one attached hydrogen (secondary N) is 1. The maximum atomic E-state index is 6.48. The van der Waals surface area contributed by atoms with E-state index < -0.39 is 0 Å². The van der Waals surface area contributed by atoms with Gasteiger partial charge in [-0.1, -0.05) is 121 Å². The van der Waals surface area contributed by atoms with Crippen molar-refractivity contribution < 1.29 is 4.42 Å². The summed E-state index contributed by atoms with van der Waals surface area (Å²) in [6.45, 7) is 2.10. The minimum Gasteiger partial charge on any atom is -0.454 e. The van der Waals surface area contributed by atoms with E-state index >= 15 is 0 Å². The Labute approximate surface area is 261 Å². The molecule has 2 heterocycles. The molecule has 0 unspecified atom stereocenters. The molecule has 0 radical (unpaired) electrons. The van der Waals surface area contributed by atoms with Gasteiger partial charge in [-0.3, -0.25) is 0 Å². The largest absolute Gasteiger partial charge is 0.454 e. The highest BCUT2D eigenvalue weighted by Crippen LogP contribution is 2.41. The number of furan rings is 1. The van der Waals surface area contributed by atoms with Crippen LogP contribution >= 0.6 is 0 Å². The van der Waals surface area contributed by atoms with Crippen molar-refractivity contribution in [2.45, 2.75) is 6.92 Å². The van der Waals surface area contributed by atoms with E-state index in [4.69, 9.17) is 14.4 Å². The second-order valence-corrected chi connectivity index (χ2v) is 11.2. The van der Waals surface area contributed by atoms with Crippen LogP contribution in [-0.4, -0.2) is 9.97 Å². The first-order valence-electron chi connectivity index (χ1n) is 15.1. The zero-order valence-electron chi connectivity index (χ0n) is 24.7. The summed E-state index contributed by atoms with van der Waals surface area (Å²) < 4.78 is 6.48. The van der Waals surface area contributed by atoms with Gasteiger partial charge in [0.1, 0.15) is 5.58 Å². The Bertz CT molecular complexity index is 2310. The topological polar surface area (TPSA) is 51.0 Å². The van der Waals surface area contributed by atoms with Crippen molar-refractivity contribution in [3.05, 3.63) is 157 Å². The molecule has 2 aromatic heterocycles. The summed E-state index contributed by atoms with van der Waals surface area (Å²) in [5.74, 6) is 0.668. The van der Waals surface area contributed by atoms with Crippen molar-refractivity contribution in [1.29, 1.82) is 0 Å². The Hall–Kier alpha value is -6.00. The summed E-state index contributed by atoms with van der Waals surface area (Å²) in [5.41, 5.74) is 11.7. The van der Waals surface area contributed by atoms with Gasteiger partial charge in [-0.2, -0.15) is 0 Å². The van der Waals surface area contributed by atoms with Crippen LogP contribution in [0.25, 0.3) is 67.0 Å². The molecule has 4 heteroatoms. The van der Waals surface area contributed by atoms with Crippen LogP contribution in [-0.2, 0) is 0 Å². The van der Waals surface area contributed by atoms with Gasteiger partial charge in [0.05, 0.1) is 17.1 Å². The molecule has 0 spiro atoms. The summed E-state index contributed by atoms with van der Waals surface area (Å²) >= 11 is 0. The number of hydrogen-bond donors (Lipinski definition) is 1. The highest BCUT2D eigenvalue weighted by Gasteiger charge is 2.17. The van der Waals surface area contributed by atoms with Crippen molar-refractivity contribution in [2.24, 2.45) is 0 Å². The first-order chi connectivity index (χ1) is 22.2. The van der Waals surface area contributed by atoms with Crippen molar-refractivity contribution in [1.82, 2.24) is 9.97 Å². The summed E-state index contributed by atoms with van der Waals surface area (Å²) in [5, 5.41) is 5.91. The van der Waals surface area contributed by atoms with E-state index in [0.29, 0.717) is 5.82 Å². The van der Waals surface area contributed by atoms with E-state index in [1.807, 2.05) is 48.5 Å². The second-order valence-electron chi connectivity index (χ2n) is 11.2. The molecule has 0 saturated heterocycles. The Balaban J connectivity index is 1.27. The Morgan fingerprint density at radius 3 is 1.98 bits per heavy atom. The number of rotatable bonds is 6. The number of fused-ring (bicyclic) bond motifs is 3. The maximum absolute atomic E-state index is 6.48. The molecule has 6 aromatic carbocycles. The lowest BCUT2D eigenvalue weighted by atomic mass is 10.0. The molecule has 0 aliphatic heterocycles. The van der Waals surface area contributed by atoms with E-state index in [0.717, 1.165) is 72.5 Å². The minimum absolute atomic E-state index is 0.668. The van der Waals surface area contributed by atoms with Crippen LogP contribution in [0.5, 0.6) is 0 Å². The Kier molecular flexibility index (Phi) is 6.65. The van der Waals surface area contributed by atoms with Gasteiger partial charge < -0.3 is 9.73 Å². The molecule has 0 amide bonds. The normalized spacial score (nSPS) is 11.2. The smallest absolute Gasteiger partial charge is 0.160 e. The molecule has 1 N–H and O–H groups in total. The molecule has 0 saturated carbocycles. The quantitative estimate of drug-likeness (QED) is 0.213. The fourth-order valence-electron chi connectivity index (χ4n) is 5.94. The average Bonchev–Trinajstić information content (AvgIpc) is 3.48. The summed E-state index contributed by atoms with van der Waals surface area (Å²) in [4.78, 5) is 10.1. The molecule has 8 rings (SSSR count). The fraction of sp³-hybridized carbons (Fsp3) is 0.0244.